The lowest BCUT2D eigenvalue weighted by molar-refractivity contribution is 0.101. The van der Waals surface area contributed by atoms with Crippen LogP contribution in [0.1, 0.15) is 16.2 Å². The van der Waals surface area contributed by atoms with E-state index in [0.29, 0.717) is 5.69 Å². The van der Waals surface area contributed by atoms with E-state index in [4.69, 9.17) is 27.7 Å². The van der Waals surface area contributed by atoms with Gasteiger partial charge in [0.2, 0.25) is 5.88 Å². The van der Waals surface area contributed by atoms with Crippen LogP contribution in [0.15, 0.2) is 22.7 Å². The van der Waals surface area contributed by atoms with Crippen LogP contribution in [0.4, 0.5) is 5.88 Å². The minimum absolute atomic E-state index is 0.0354. The summed E-state index contributed by atoms with van der Waals surface area (Å²) in [6.45, 7) is 1.74. The summed E-state index contributed by atoms with van der Waals surface area (Å²) in [6.07, 6.45) is 0. The Morgan fingerprint density at radius 3 is 2.82 bits per heavy atom. The number of anilines is 1. The van der Waals surface area contributed by atoms with Gasteiger partial charge in [-0.25, -0.2) is 4.98 Å². The van der Waals surface area contributed by atoms with Crippen molar-refractivity contribution in [3.8, 4) is 0 Å². The lowest BCUT2D eigenvalue weighted by atomic mass is 10.3. The Hall–Kier alpha value is -1.59. The number of hydrogen-bond donors (Lipinski definition) is 1. The van der Waals surface area contributed by atoms with Crippen LogP contribution in [0, 0.1) is 6.92 Å². The fraction of sp³-hybridized carbons (Fsp3) is 0.100. The van der Waals surface area contributed by atoms with Gasteiger partial charge in [0.15, 0.2) is 0 Å². The zero-order valence-electron chi connectivity index (χ0n) is 8.70. The van der Waals surface area contributed by atoms with Crippen LogP contribution in [0.2, 0.25) is 10.2 Å². The van der Waals surface area contributed by atoms with Crippen LogP contribution < -0.4 is 5.32 Å². The van der Waals surface area contributed by atoms with E-state index in [0.717, 1.165) is 0 Å². The van der Waals surface area contributed by atoms with Gasteiger partial charge in [0.1, 0.15) is 10.8 Å². The Kier molecular flexibility index (Phi) is 3.31. The number of amides is 1. The molecule has 0 aliphatic rings. The summed E-state index contributed by atoms with van der Waals surface area (Å²) >= 11 is 11.5. The molecule has 0 aliphatic carbocycles. The predicted molar refractivity (Wildman–Crippen MR) is 63.5 cm³/mol. The Morgan fingerprint density at radius 1 is 1.41 bits per heavy atom. The minimum Gasteiger partial charge on any atom is -0.338 e. The molecule has 1 amide bonds. The highest BCUT2D eigenvalue weighted by Crippen LogP contribution is 2.18. The molecule has 0 saturated carbocycles. The summed E-state index contributed by atoms with van der Waals surface area (Å²) in [4.78, 5) is 15.6. The Labute approximate surface area is 107 Å². The summed E-state index contributed by atoms with van der Waals surface area (Å²) in [5, 5.41) is 6.51. The molecule has 5 nitrogen and oxygen atoms in total. The lowest BCUT2D eigenvalue weighted by Gasteiger charge is -2.02. The number of carbonyl (C=O) groups is 1. The van der Waals surface area contributed by atoms with Gasteiger partial charge in [-0.2, -0.15) is 0 Å². The van der Waals surface area contributed by atoms with E-state index in [1.165, 1.54) is 12.1 Å². The predicted octanol–water partition coefficient (Wildman–Crippen LogP) is 2.94. The first-order valence-electron chi connectivity index (χ1n) is 4.63. The van der Waals surface area contributed by atoms with E-state index in [9.17, 15) is 4.79 Å². The standard InChI is InChI=1S/C10H7Cl2N3O2/c1-5-4-8(17-15-5)14-10(16)9-6(11)2-3-7(12)13-9/h2-4H,1H3,(H,14,16). The summed E-state index contributed by atoms with van der Waals surface area (Å²) in [5.41, 5.74) is 0.693. The highest BCUT2D eigenvalue weighted by molar-refractivity contribution is 6.35. The molecule has 0 aromatic carbocycles. The van der Waals surface area contributed by atoms with E-state index in [1.807, 2.05) is 0 Å². The van der Waals surface area contributed by atoms with Crippen LogP contribution in [0.3, 0.4) is 0 Å². The highest BCUT2D eigenvalue weighted by atomic mass is 35.5. The fourth-order valence-corrected chi connectivity index (χ4v) is 1.51. The molecule has 0 radical (unpaired) electrons. The molecule has 2 heterocycles. The van der Waals surface area contributed by atoms with Crippen molar-refractivity contribution in [3.05, 3.63) is 39.8 Å². The maximum Gasteiger partial charge on any atom is 0.278 e. The summed E-state index contributed by atoms with van der Waals surface area (Å²) in [5.74, 6) is -0.279. The molecule has 88 valence electrons. The zero-order chi connectivity index (χ0) is 12.4. The van der Waals surface area contributed by atoms with E-state index >= 15 is 0 Å². The van der Waals surface area contributed by atoms with Gasteiger partial charge in [-0.15, -0.1) is 0 Å². The molecule has 17 heavy (non-hydrogen) atoms. The van der Waals surface area contributed by atoms with Gasteiger partial charge in [-0.05, 0) is 19.1 Å². The van der Waals surface area contributed by atoms with Gasteiger partial charge >= 0.3 is 0 Å². The van der Waals surface area contributed by atoms with E-state index < -0.39 is 5.91 Å². The van der Waals surface area contributed by atoms with Crippen molar-refractivity contribution >= 4 is 35.0 Å². The molecule has 2 aromatic heterocycles. The second kappa shape index (κ2) is 4.73. The molecular weight excluding hydrogens is 265 g/mol. The molecule has 1 N–H and O–H groups in total. The van der Waals surface area contributed by atoms with Crippen molar-refractivity contribution in [1.29, 1.82) is 0 Å². The number of halogens is 2. The molecule has 0 spiro atoms. The first kappa shape index (κ1) is 11.9. The van der Waals surface area contributed by atoms with Gasteiger partial charge in [0.25, 0.3) is 5.91 Å². The summed E-state index contributed by atoms with van der Waals surface area (Å²) < 4.78 is 4.84. The number of hydrogen-bond acceptors (Lipinski definition) is 4. The molecule has 7 heteroatoms. The third-order valence-corrected chi connectivity index (χ3v) is 2.41. The van der Waals surface area contributed by atoms with Gasteiger partial charge in [0, 0.05) is 6.07 Å². The number of nitrogens with one attached hydrogen (secondary N) is 1. The first-order chi connectivity index (χ1) is 8.06. The molecule has 0 saturated heterocycles. The average Bonchev–Trinajstić information content (AvgIpc) is 2.67. The Balaban J connectivity index is 2.22. The lowest BCUT2D eigenvalue weighted by Crippen LogP contribution is -2.13. The van der Waals surface area contributed by atoms with Crippen molar-refractivity contribution in [2.45, 2.75) is 6.92 Å². The maximum atomic E-state index is 11.8. The number of nitrogens with zero attached hydrogens (tertiary/aromatic N) is 2. The molecule has 0 atom stereocenters. The largest absolute Gasteiger partial charge is 0.338 e. The highest BCUT2D eigenvalue weighted by Gasteiger charge is 2.14. The van der Waals surface area contributed by atoms with Crippen LogP contribution in [-0.2, 0) is 0 Å². The SMILES string of the molecule is Cc1cc(NC(=O)c2nc(Cl)ccc2Cl)on1. The zero-order valence-corrected chi connectivity index (χ0v) is 10.2. The molecule has 0 unspecified atom stereocenters. The van der Waals surface area contributed by atoms with Crippen LogP contribution in [0.5, 0.6) is 0 Å². The molecule has 0 aliphatic heterocycles. The summed E-state index contributed by atoms with van der Waals surface area (Å²) in [7, 11) is 0. The van der Waals surface area contributed by atoms with E-state index in [1.54, 1.807) is 13.0 Å². The molecule has 2 aromatic rings. The molecule has 0 fully saturated rings. The van der Waals surface area contributed by atoms with Gasteiger partial charge in [-0.3, -0.25) is 10.1 Å². The maximum absolute atomic E-state index is 11.8. The summed E-state index contributed by atoms with van der Waals surface area (Å²) in [6, 6.07) is 4.58. The van der Waals surface area contributed by atoms with Crippen LogP contribution in [0.25, 0.3) is 0 Å². The van der Waals surface area contributed by atoms with Crippen molar-refractivity contribution in [2.75, 3.05) is 5.32 Å². The smallest absolute Gasteiger partial charge is 0.278 e. The minimum atomic E-state index is -0.506. The van der Waals surface area contributed by atoms with Crippen LogP contribution >= 0.6 is 23.2 Å². The fourth-order valence-electron chi connectivity index (χ4n) is 1.17. The number of aryl methyl sites for hydroxylation is 1. The normalized spacial score (nSPS) is 10.3. The topological polar surface area (TPSA) is 68.0 Å². The number of aromatic nitrogens is 2. The first-order valence-corrected chi connectivity index (χ1v) is 5.38. The van der Waals surface area contributed by atoms with Crippen molar-refractivity contribution in [2.24, 2.45) is 0 Å². The number of pyridine rings is 1. The van der Waals surface area contributed by atoms with Gasteiger partial charge in [-0.1, -0.05) is 28.4 Å². The van der Waals surface area contributed by atoms with Crippen molar-refractivity contribution < 1.29 is 9.32 Å². The second-order valence-corrected chi connectivity index (χ2v) is 4.05. The average molecular weight is 272 g/mol. The molecule has 2 rings (SSSR count). The quantitative estimate of drug-likeness (QED) is 0.853. The van der Waals surface area contributed by atoms with E-state index in [2.05, 4.69) is 15.5 Å². The third-order valence-electron chi connectivity index (χ3n) is 1.89. The van der Waals surface area contributed by atoms with Crippen molar-refractivity contribution in [1.82, 2.24) is 10.1 Å². The molecular formula is C10H7Cl2N3O2. The van der Waals surface area contributed by atoms with Crippen LogP contribution in [-0.4, -0.2) is 16.0 Å². The number of carbonyl (C=O) groups excluding carboxylic acids is 1. The Morgan fingerprint density at radius 2 is 2.18 bits per heavy atom. The van der Waals surface area contributed by atoms with Gasteiger partial charge < -0.3 is 4.52 Å². The number of rotatable bonds is 2. The Bertz CT molecular complexity index is 568. The van der Waals surface area contributed by atoms with Crippen molar-refractivity contribution in [3.63, 3.8) is 0 Å². The van der Waals surface area contributed by atoms with E-state index in [-0.39, 0.29) is 21.8 Å². The molecule has 0 bridgehead atoms. The van der Waals surface area contributed by atoms with Gasteiger partial charge in [0.05, 0.1) is 10.7 Å². The second-order valence-electron chi connectivity index (χ2n) is 3.25. The third kappa shape index (κ3) is 2.75. The monoisotopic (exact) mass is 271 g/mol.